The summed E-state index contributed by atoms with van der Waals surface area (Å²) < 4.78 is 17.0. The molecule has 8 heteroatoms. The summed E-state index contributed by atoms with van der Waals surface area (Å²) >= 11 is 0. The minimum atomic E-state index is -0.719. The molecule has 33 heavy (non-hydrogen) atoms. The maximum atomic E-state index is 12.7. The number of benzene rings is 2. The van der Waals surface area contributed by atoms with Gasteiger partial charge in [0.2, 0.25) is 5.78 Å². The average Bonchev–Trinajstić information content (AvgIpc) is 3.14. The maximum Gasteiger partial charge on any atom is 0.344 e. The zero-order chi connectivity index (χ0) is 24.0. The number of nitrogens with zero attached hydrogens (tertiary/aromatic N) is 2. The van der Waals surface area contributed by atoms with Crippen molar-refractivity contribution in [3.63, 3.8) is 0 Å². The minimum Gasteiger partial charge on any atom is -0.481 e. The largest absolute Gasteiger partial charge is 0.481 e. The van der Waals surface area contributed by atoms with Gasteiger partial charge in [-0.2, -0.15) is 5.26 Å². The van der Waals surface area contributed by atoms with Gasteiger partial charge in [0.1, 0.15) is 11.8 Å². The predicted octanol–water partition coefficient (Wildman–Crippen LogP) is 3.56. The molecule has 0 aliphatic carbocycles. The highest BCUT2D eigenvalue weighted by atomic mass is 16.6. The van der Waals surface area contributed by atoms with Gasteiger partial charge in [-0.3, -0.25) is 4.79 Å². The summed E-state index contributed by atoms with van der Waals surface area (Å²) in [5.41, 5.74) is 3.41. The smallest absolute Gasteiger partial charge is 0.344 e. The van der Waals surface area contributed by atoms with Crippen LogP contribution in [0.15, 0.2) is 54.6 Å². The van der Waals surface area contributed by atoms with Crippen LogP contribution in [-0.4, -0.2) is 42.6 Å². The third-order valence-corrected chi connectivity index (χ3v) is 5.00. The van der Waals surface area contributed by atoms with Gasteiger partial charge in [0.15, 0.2) is 13.2 Å². The van der Waals surface area contributed by atoms with Crippen molar-refractivity contribution >= 4 is 17.7 Å². The summed E-state index contributed by atoms with van der Waals surface area (Å²) in [7, 11) is 1.32. The van der Waals surface area contributed by atoms with Gasteiger partial charge in [0.05, 0.1) is 18.2 Å². The SMILES string of the molecule is COC(=O)c1ccc(-n2c(C)cc(C(=O)COC(=O)COc3ccccc3C#N)c2C)cc1. The lowest BCUT2D eigenvalue weighted by molar-refractivity contribution is -0.144. The number of hydrogen-bond donors (Lipinski definition) is 0. The number of carbonyl (C=O) groups excluding carboxylic acids is 3. The third-order valence-electron chi connectivity index (χ3n) is 5.00. The van der Waals surface area contributed by atoms with Crippen LogP contribution in [-0.2, 0) is 14.3 Å². The highest BCUT2D eigenvalue weighted by Crippen LogP contribution is 2.22. The number of rotatable bonds is 8. The summed E-state index contributed by atoms with van der Waals surface area (Å²) in [5, 5.41) is 9.05. The van der Waals surface area contributed by atoms with E-state index in [0.717, 1.165) is 11.4 Å². The number of hydrogen-bond acceptors (Lipinski definition) is 7. The van der Waals surface area contributed by atoms with Crippen molar-refractivity contribution in [2.75, 3.05) is 20.3 Å². The van der Waals surface area contributed by atoms with Crippen molar-refractivity contribution in [3.8, 4) is 17.5 Å². The van der Waals surface area contributed by atoms with Crippen molar-refractivity contribution < 1.29 is 28.6 Å². The van der Waals surface area contributed by atoms with Crippen molar-refractivity contribution in [1.82, 2.24) is 4.57 Å². The first kappa shape index (κ1) is 23.3. The zero-order valence-corrected chi connectivity index (χ0v) is 18.5. The number of methoxy groups -OCH3 is 1. The van der Waals surface area contributed by atoms with Crippen molar-refractivity contribution in [2.45, 2.75) is 13.8 Å². The van der Waals surface area contributed by atoms with Gasteiger partial charge in [0, 0.05) is 22.6 Å². The molecular formula is C25H22N2O6. The molecule has 0 radical (unpaired) electrons. The first-order chi connectivity index (χ1) is 15.8. The molecule has 0 spiro atoms. The predicted molar refractivity (Wildman–Crippen MR) is 119 cm³/mol. The lowest BCUT2D eigenvalue weighted by Crippen LogP contribution is -2.20. The Bertz CT molecular complexity index is 1230. The molecule has 0 aliphatic heterocycles. The second-order valence-electron chi connectivity index (χ2n) is 7.14. The van der Waals surface area contributed by atoms with Gasteiger partial charge in [-0.15, -0.1) is 0 Å². The Morgan fingerprint density at radius 2 is 1.70 bits per heavy atom. The van der Waals surface area contributed by atoms with E-state index in [-0.39, 0.29) is 11.5 Å². The number of nitriles is 1. The molecule has 0 bridgehead atoms. The molecular weight excluding hydrogens is 424 g/mol. The fraction of sp³-hybridized carbons (Fsp3) is 0.200. The number of ether oxygens (including phenoxy) is 3. The average molecular weight is 446 g/mol. The van der Waals surface area contributed by atoms with Gasteiger partial charge >= 0.3 is 11.9 Å². The van der Waals surface area contributed by atoms with Gasteiger partial charge in [-0.25, -0.2) is 9.59 Å². The summed E-state index contributed by atoms with van der Waals surface area (Å²) in [5.74, 6) is -1.24. The highest BCUT2D eigenvalue weighted by Gasteiger charge is 2.19. The number of carbonyl (C=O) groups is 3. The molecule has 1 heterocycles. The van der Waals surface area contributed by atoms with Crippen LogP contribution < -0.4 is 4.74 Å². The van der Waals surface area contributed by atoms with Crippen LogP contribution in [0.2, 0.25) is 0 Å². The van der Waals surface area contributed by atoms with Crippen LogP contribution in [0.4, 0.5) is 0 Å². The standard InChI is InChI=1S/C25H22N2O6/c1-16-12-21(17(2)27(16)20-10-8-18(9-11-20)25(30)31-3)22(28)14-33-24(29)15-32-23-7-5-4-6-19(23)13-26/h4-12H,14-15H2,1-3H3. The van der Waals surface area contributed by atoms with E-state index in [4.69, 9.17) is 19.5 Å². The van der Waals surface area contributed by atoms with Gasteiger partial charge in [0.25, 0.3) is 0 Å². The Labute approximate surface area is 190 Å². The molecule has 3 rings (SSSR count). The lowest BCUT2D eigenvalue weighted by atomic mass is 10.1. The molecule has 2 aromatic carbocycles. The first-order valence-electron chi connectivity index (χ1n) is 10.0. The molecule has 0 fully saturated rings. The molecule has 0 amide bonds. The number of esters is 2. The summed E-state index contributed by atoms with van der Waals surface area (Å²) in [4.78, 5) is 36.3. The Morgan fingerprint density at radius 3 is 2.36 bits per heavy atom. The first-order valence-corrected chi connectivity index (χ1v) is 10.0. The van der Waals surface area contributed by atoms with Crippen LogP contribution in [0, 0.1) is 25.2 Å². The molecule has 0 atom stereocenters. The summed E-state index contributed by atoms with van der Waals surface area (Å²) in [6, 6.07) is 17.0. The fourth-order valence-electron chi connectivity index (χ4n) is 3.39. The van der Waals surface area contributed by atoms with Gasteiger partial charge in [-0.1, -0.05) is 12.1 Å². The molecule has 1 aromatic heterocycles. The number of aromatic nitrogens is 1. The van der Waals surface area contributed by atoms with Crippen LogP contribution in [0.1, 0.15) is 37.7 Å². The summed E-state index contributed by atoms with van der Waals surface area (Å²) in [6.07, 6.45) is 0. The number of aryl methyl sites for hydroxylation is 1. The van der Waals surface area contributed by atoms with E-state index >= 15 is 0 Å². The van der Waals surface area contributed by atoms with Crippen molar-refractivity contribution in [3.05, 3.63) is 82.7 Å². The van der Waals surface area contributed by atoms with Crippen molar-refractivity contribution in [1.29, 1.82) is 5.26 Å². The molecule has 168 valence electrons. The quantitative estimate of drug-likeness (QED) is 0.385. The third kappa shape index (κ3) is 5.28. The zero-order valence-electron chi connectivity index (χ0n) is 18.5. The van der Waals surface area contributed by atoms with E-state index in [2.05, 4.69) is 0 Å². The lowest BCUT2D eigenvalue weighted by Gasteiger charge is -2.11. The monoisotopic (exact) mass is 446 g/mol. The molecule has 8 nitrogen and oxygen atoms in total. The fourth-order valence-corrected chi connectivity index (χ4v) is 3.39. The van der Waals surface area contributed by atoms with E-state index in [9.17, 15) is 14.4 Å². The van der Waals surface area contributed by atoms with Gasteiger partial charge in [-0.05, 0) is 56.3 Å². The molecule has 0 aliphatic rings. The van der Waals surface area contributed by atoms with E-state index in [1.165, 1.54) is 7.11 Å². The minimum absolute atomic E-state index is 0.269. The number of para-hydroxylation sites is 1. The Hall–Kier alpha value is -4.38. The summed E-state index contributed by atoms with van der Waals surface area (Å²) in [6.45, 7) is 2.79. The number of Topliss-reactive ketones (excluding diaryl/α,β-unsaturated/α-hetero) is 1. The molecule has 0 unspecified atom stereocenters. The Kier molecular flexibility index (Phi) is 7.26. The van der Waals surface area contributed by atoms with E-state index in [1.54, 1.807) is 61.5 Å². The van der Waals surface area contributed by atoms with Crippen LogP contribution in [0.5, 0.6) is 5.75 Å². The second-order valence-corrected chi connectivity index (χ2v) is 7.14. The van der Waals surface area contributed by atoms with E-state index < -0.39 is 25.2 Å². The molecule has 0 N–H and O–H groups in total. The van der Waals surface area contributed by atoms with Crippen LogP contribution >= 0.6 is 0 Å². The topological polar surface area (TPSA) is 108 Å². The van der Waals surface area contributed by atoms with E-state index in [1.807, 2.05) is 17.6 Å². The van der Waals surface area contributed by atoms with Crippen LogP contribution in [0.25, 0.3) is 5.69 Å². The normalized spacial score (nSPS) is 10.2. The number of ketones is 1. The molecule has 0 saturated carbocycles. The molecule has 0 saturated heterocycles. The Morgan fingerprint density at radius 1 is 1.00 bits per heavy atom. The highest BCUT2D eigenvalue weighted by molar-refractivity contribution is 5.99. The van der Waals surface area contributed by atoms with Crippen molar-refractivity contribution in [2.24, 2.45) is 0 Å². The second kappa shape index (κ2) is 10.3. The molecule has 3 aromatic rings. The Balaban J connectivity index is 1.64. The van der Waals surface area contributed by atoms with Crippen LogP contribution in [0.3, 0.4) is 0 Å². The maximum absolute atomic E-state index is 12.7. The van der Waals surface area contributed by atoms with Gasteiger partial charge < -0.3 is 18.8 Å². The van der Waals surface area contributed by atoms with E-state index in [0.29, 0.717) is 22.4 Å².